The van der Waals surface area contributed by atoms with Crippen molar-refractivity contribution in [1.29, 1.82) is 0 Å². The molecule has 0 bridgehead atoms. The van der Waals surface area contributed by atoms with Crippen molar-refractivity contribution in [1.82, 2.24) is 14.6 Å². The standard InChI is InChI=1S/C27H32FN3O5S/c1-17(18-3-8-21(28)9-4-18)29-27(34)19-5-10-22(11-6-19)30-37(35,36)23-12-13-25-24(15-23)20(16-31(25)2)7-14-26(32)33/h3-4,8-9,12-13,15-17,19,22,30H,5-7,10-11,14H2,1-2H3,(H,29,34)(H,32,33). The topological polar surface area (TPSA) is 118 Å². The molecule has 1 saturated carbocycles. The smallest absolute Gasteiger partial charge is 0.303 e. The molecule has 0 radical (unpaired) electrons. The van der Waals surface area contributed by atoms with E-state index in [0.29, 0.717) is 32.1 Å². The predicted molar refractivity (Wildman–Crippen MR) is 138 cm³/mol. The zero-order valence-corrected chi connectivity index (χ0v) is 21.7. The van der Waals surface area contributed by atoms with Gasteiger partial charge in [0.1, 0.15) is 5.82 Å². The maximum Gasteiger partial charge on any atom is 0.303 e. The molecule has 1 fully saturated rings. The molecule has 198 valence electrons. The molecule has 1 aliphatic rings. The van der Waals surface area contributed by atoms with E-state index < -0.39 is 16.0 Å². The summed E-state index contributed by atoms with van der Waals surface area (Å²) in [5.41, 5.74) is 2.44. The quantitative estimate of drug-likeness (QED) is 0.387. The number of hydrogen-bond acceptors (Lipinski definition) is 4. The fraction of sp³-hybridized carbons (Fsp3) is 0.407. The van der Waals surface area contributed by atoms with E-state index in [9.17, 15) is 22.4 Å². The number of fused-ring (bicyclic) bond motifs is 1. The maximum atomic E-state index is 13.2. The third-order valence-electron chi connectivity index (χ3n) is 7.11. The van der Waals surface area contributed by atoms with Gasteiger partial charge in [-0.25, -0.2) is 17.5 Å². The number of aliphatic carboxylic acids is 1. The molecule has 1 aromatic heterocycles. The van der Waals surface area contributed by atoms with Gasteiger partial charge in [0.15, 0.2) is 0 Å². The molecular formula is C27H32FN3O5S. The number of aromatic nitrogens is 1. The van der Waals surface area contributed by atoms with Crippen molar-refractivity contribution in [2.75, 3.05) is 0 Å². The normalized spacial score (nSPS) is 19.0. The van der Waals surface area contributed by atoms with Crippen molar-refractivity contribution in [3.63, 3.8) is 0 Å². The number of carboxylic acid groups (broad SMARTS) is 1. The van der Waals surface area contributed by atoms with Gasteiger partial charge >= 0.3 is 5.97 Å². The first-order chi connectivity index (χ1) is 17.5. The Kier molecular flexibility index (Phi) is 7.99. The van der Waals surface area contributed by atoms with Crippen LogP contribution in [0.25, 0.3) is 10.9 Å². The van der Waals surface area contributed by atoms with E-state index >= 15 is 0 Å². The number of amides is 1. The van der Waals surface area contributed by atoms with E-state index in [2.05, 4.69) is 10.0 Å². The summed E-state index contributed by atoms with van der Waals surface area (Å²) in [4.78, 5) is 23.9. The van der Waals surface area contributed by atoms with Crippen LogP contribution >= 0.6 is 0 Å². The van der Waals surface area contributed by atoms with Crippen LogP contribution in [-0.2, 0) is 33.1 Å². The molecule has 3 aromatic rings. The Morgan fingerprint density at radius 3 is 2.43 bits per heavy atom. The van der Waals surface area contributed by atoms with Crippen molar-refractivity contribution in [2.45, 2.75) is 62.4 Å². The number of nitrogens with one attached hydrogen (secondary N) is 2. The van der Waals surface area contributed by atoms with Gasteiger partial charge in [-0.05, 0) is 80.5 Å². The fourth-order valence-electron chi connectivity index (χ4n) is 4.99. The van der Waals surface area contributed by atoms with E-state index in [1.165, 1.54) is 12.1 Å². The van der Waals surface area contributed by atoms with E-state index in [0.717, 1.165) is 22.0 Å². The van der Waals surface area contributed by atoms with Gasteiger partial charge in [-0.2, -0.15) is 0 Å². The summed E-state index contributed by atoms with van der Waals surface area (Å²) in [5, 5.41) is 12.7. The van der Waals surface area contributed by atoms with Crippen LogP contribution in [0.4, 0.5) is 4.39 Å². The van der Waals surface area contributed by atoms with Crippen molar-refractivity contribution >= 4 is 32.8 Å². The highest BCUT2D eigenvalue weighted by Gasteiger charge is 2.30. The highest BCUT2D eigenvalue weighted by atomic mass is 32.2. The van der Waals surface area contributed by atoms with Gasteiger partial charge in [-0.15, -0.1) is 0 Å². The molecule has 0 aliphatic heterocycles. The number of carbonyl (C=O) groups is 2. The zero-order valence-electron chi connectivity index (χ0n) is 20.9. The number of hydrogen-bond donors (Lipinski definition) is 3. The van der Waals surface area contributed by atoms with Gasteiger partial charge in [0.2, 0.25) is 15.9 Å². The molecule has 1 atom stereocenters. The van der Waals surface area contributed by atoms with Crippen molar-refractivity contribution in [2.24, 2.45) is 13.0 Å². The van der Waals surface area contributed by atoms with Crippen LogP contribution in [0, 0.1) is 11.7 Å². The molecule has 37 heavy (non-hydrogen) atoms. The summed E-state index contributed by atoms with van der Waals surface area (Å²) in [6.45, 7) is 1.85. The zero-order chi connectivity index (χ0) is 26.7. The van der Waals surface area contributed by atoms with Crippen LogP contribution < -0.4 is 10.0 Å². The lowest BCUT2D eigenvalue weighted by molar-refractivity contribution is -0.137. The molecule has 1 amide bonds. The molecule has 0 saturated heterocycles. The molecule has 1 heterocycles. The number of nitrogens with zero attached hydrogens (tertiary/aromatic N) is 1. The van der Waals surface area contributed by atoms with E-state index in [1.54, 1.807) is 30.3 Å². The van der Waals surface area contributed by atoms with E-state index in [4.69, 9.17) is 5.11 Å². The molecule has 0 spiro atoms. The van der Waals surface area contributed by atoms with Crippen LogP contribution in [0.2, 0.25) is 0 Å². The van der Waals surface area contributed by atoms with Gasteiger partial charge in [0, 0.05) is 42.5 Å². The summed E-state index contributed by atoms with van der Waals surface area (Å²) < 4.78 is 44.1. The van der Waals surface area contributed by atoms with E-state index in [1.807, 2.05) is 24.7 Å². The number of halogens is 1. The molecular weight excluding hydrogens is 497 g/mol. The highest BCUT2D eigenvalue weighted by molar-refractivity contribution is 7.89. The van der Waals surface area contributed by atoms with Gasteiger partial charge in [0.25, 0.3) is 0 Å². The molecule has 1 unspecified atom stereocenters. The lowest BCUT2D eigenvalue weighted by Crippen LogP contribution is -2.41. The monoisotopic (exact) mass is 529 g/mol. The number of carboxylic acids is 1. The van der Waals surface area contributed by atoms with Gasteiger partial charge < -0.3 is 15.0 Å². The molecule has 3 N–H and O–H groups in total. The minimum absolute atomic E-state index is 0.0339. The minimum atomic E-state index is -3.79. The van der Waals surface area contributed by atoms with E-state index in [-0.39, 0.29) is 41.0 Å². The average molecular weight is 530 g/mol. The summed E-state index contributed by atoms with van der Waals surface area (Å²) >= 11 is 0. The SMILES string of the molecule is CC(NC(=O)C1CCC(NS(=O)(=O)c2ccc3c(c2)c(CCC(=O)O)cn3C)CC1)c1ccc(F)cc1. The first kappa shape index (κ1) is 26.8. The van der Waals surface area contributed by atoms with Crippen LogP contribution in [0.15, 0.2) is 53.6 Å². The molecule has 10 heteroatoms. The number of sulfonamides is 1. The third kappa shape index (κ3) is 6.37. The minimum Gasteiger partial charge on any atom is -0.481 e. The molecule has 8 nitrogen and oxygen atoms in total. The highest BCUT2D eigenvalue weighted by Crippen LogP contribution is 2.29. The maximum absolute atomic E-state index is 13.2. The first-order valence-corrected chi connectivity index (χ1v) is 13.9. The molecule has 1 aliphatic carbocycles. The van der Waals surface area contributed by atoms with Gasteiger partial charge in [-0.1, -0.05) is 12.1 Å². The Bertz CT molecular complexity index is 1390. The second-order valence-electron chi connectivity index (χ2n) is 9.79. The number of aryl methyl sites for hydroxylation is 2. The third-order valence-corrected chi connectivity index (χ3v) is 8.63. The first-order valence-electron chi connectivity index (χ1n) is 12.4. The second kappa shape index (κ2) is 11.0. The van der Waals surface area contributed by atoms with Gasteiger partial charge in [-0.3, -0.25) is 9.59 Å². The Hall–Kier alpha value is -3.24. The van der Waals surface area contributed by atoms with Crippen LogP contribution in [0.5, 0.6) is 0 Å². The summed E-state index contributed by atoms with van der Waals surface area (Å²) in [7, 11) is -1.95. The second-order valence-corrected chi connectivity index (χ2v) is 11.5. The largest absolute Gasteiger partial charge is 0.481 e. The Morgan fingerprint density at radius 1 is 1.11 bits per heavy atom. The van der Waals surface area contributed by atoms with Crippen molar-refractivity contribution in [3.05, 3.63) is 65.6 Å². The van der Waals surface area contributed by atoms with Crippen molar-refractivity contribution in [3.8, 4) is 0 Å². The lowest BCUT2D eigenvalue weighted by Gasteiger charge is -2.29. The predicted octanol–water partition coefficient (Wildman–Crippen LogP) is 4.05. The number of carbonyl (C=O) groups excluding carboxylic acids is 1. The summed E-state index contributed by atoms with van der Waals surface area (Å²) in [6, 6.07) is 10.4. The Balaban J connectivity index is 1.36. The average Bonchev–Trinajstić information content (AvgIpc) is 3.18. The Labute approximate surface area is 215 Å². The fourth-order valence-corrected chi connectivity index (χ4v) is 6.32. The summed E-state index contributed by atoms with van der Waals surface area (Å²) in [5.74, 6) is -1.52. The van der Waals surface area contributed by atoms with Crippen molar-refractivity contribution < 1.29 is 27.5 Å². The number of rotatable bonds is 9. The number of benzene rings is 2. The van der Waals surface area contributed by atoms with Crippen LogP contribution in [0.1, 0.15) is 56.2 Å². The lowest BCUT2D eigenvalue weighted by atomic mass is 9.85. The molecule has 2 aromatic carbocycles. The van der Waals surface area contributed by atoms with Crippen LogP contribution in [-0.4, -0.2) is 36.0 Å². The van der Waals surface area contributed by atoms with Crippen LogP contribution in [0.3, 0.4) is 0 Å². The Morgan fingerprint density at radius 2 is 1.78 bits per heavy atom. The van der Waals surface area contributed by atoms with Gasteiger partial charge in [0.05, 0.1) is 10.9 Å². The molecule has 4 rings (SSSR count). The summed E-state index contributed by atoms with van der Waals surface area (Å²) in [6.07, 6.45) is 4.32.